The second-order valence-electron chi connectivity index (χ2n) is 4.77. The van der Waals surface area contributed by atoms with Gasteiger partial charge in [0, 0.05) is 30.2 Å². The van der Waals surface area contributed by atoms with Gasteiger partial charge in [-0.1, -0.05) is 24.6 Å². The molecule has 1 heterocycles. The van der Waals surface area contributed by atoms with Crippen LogP contribution in [0.2, 0.25) is 5.02 Å². The molecule has 0 aromatic heterocycles. The van der Waals surface area contributed by atoms with Gasteiger partial charge in [0.2, 0.25) is 0 Å². The molecular weight excluding hydrogens is 248 g/mol. The highest BCUT2D eigenvalue weighted by atomic mass is 35.5. The molecule has 0 bridgehead atoms. The Morgan fingerprint density at radius 1 is 1.50 bits per heavy atom. The van der Waals surface area contributed by atoms with Gasteiger partial charge < -0.3 is 10.2 Å². The number of carbonyl (C=O) groups excluding carboxylic acids is 1. The van der Waals surface area contributed by atoms with Crippen LogP contribution in [0.4, 0.5) is 0 Å². The first-order valence-electron chi connectivity index (χ1n) is 6.41. The van der Waals surface area contributed by atoms with Gasteiger partial charge in [0.1, 0.15) is 0 Å². The molecule has 1 saturated heterocycles. The third-order valence-corrected chi connectivity index (χ3v) is 3.75. The number of hydrogen-bond donors (Lipinski definition) is 1. The van der Waals surface area contributed by atoms with Crippen LogP contribution in [0.1, 0.15) is 29.3 Å². The number of benzene rings is 1. The molecule has 1 amide bonds. The molecule has 98 valence electrons. The molecule has 4 heteroatoms. The number of aryl methyl sites for hydroxylation is 1. The summed E-state index contributed by atoms with van der Waals surface area (Å²) in [5.74, 6) is 0.0882. The van der Waals surface area contributed by atoms with E-state index >= 15 is 0 Å². The van der Waals surface area contributed by atoms with Gasteiger partial charge in [-0.05, 0) is 31.0 Å². The third kappa shape index (κ3) is 2.68. The van der Waals surface area contributed by atoms with Gasteiger partial charge >= 0.3 is 0 Å². The van der Waals surface area contributed by atoms with E-state index in [2.05, 4.69) is 12.2 Å². The summed E-state index contributed by atoms with van der Waals surface area (Å²) in [6, 6.07) is 5.86. The van der Waals surface area contributed by atoms with E-state index in [4.69, 9.17) is 11.6 Å². The van der Waals surface area contributed by atoms with Crippen molar-refractivity contribution in [1.29, 1.82) is 0 Å². The third-order valence-electron chi connectivity index (χ3n) is 3.34. The Morgan fingerprint density at radius 3 is 2.72 bits per heavy atom. The minimum atomic E-state index is 0.0882. The summed E-state index contributed by atoms with van der Waals surface area (Å²) in [7, 11) is 0. The number of nitrogens with one attached hydrogen (secondary N) is 1. The van der Waals surface area contributed by atoms with Crippen LogP contribution >= 0.6 is 11.6 Å². The molecule has 1 aliphatic rings. The van der Waals surface area contributed by atoms with Crippen LogP contribution in [0.5, 0.6) is 0 Å². The van der Waals surface area contributed by atoms with Crippen LogP contribution in [0.3, 0.4) is 0 Å². The van der Waals surface area contributed by atoms with Crippen LogP contribution in [0.25, 0.3) is 0 Å². The average molecular weight is 267 g/mol. The maximum Gasteiger partial charge on any atom is 0.254 e. The standard InChI is InChI=1S/C14H19ClN2O/c1-3-6-17(12-8-16-9-12)14(18)11-5-4-10(2)13(15)7-11/h4-5,7,12,16H,3,6,8-9H2,1-2H3. The molecule has 2 rings (SSSR count). The van der Waals surface area contributed by atoms with E-state index in [1.807, 2.05) is 24.0 Å². The average Bonchev–Trinajstić information content (AvgIpc) is 2.29. The highest BCUT2D eigenvalue weighted by Crippen LogP contribution is 2.19. The van der Waals surface area contributed by atoms with Crippen LogP contribution in [0.15, 0.2) is 18.2 Å². The zero-order valence-electron chi connectivity index (χ0n) is 10.9. The topological polar surface area (TPSA) is 32.3 Å². The fraction of sp³-hybridized carbons (Fsp3) is 0.500. The monoisotopic (exact) mass is 266 g/mol. The van der Waals surface area contributed by atoms with Crippen molar-refractivity contribution < 1.29 is 4.79 Å². The lowest BCUT2D eigenvalue weighted by molar-refractivity contribution is 0.0616. The van der Waals surface area contributed by atoms with Gasteiger partial charge in [-0.25, -0.2) is 0 Å². The first-order valence-corrected chi connectivity index (χ1v) is 6.79. The van der Waals surface area contributed by atoms with Gasteiger partial charge in [-0.2, -0.15) is 0 Å². The van der Waals surface area contributed by atoms with Crippen LogP contribution in [0, 0.1) is 6.92 Å². The zero-order valence-corrected chi connectivity index (χ0v) is 11.6. The van der Waals surface area contributed by atoms with E-state index in [0.29, 0.717) is 16.6 Å². The Balaban J connectivity index is 2.18. The summed E-state index contributed by atoms with van der Waals surface area (Å²) >= 11 is 6.08. The highest BCUT2D eigenvalue weighted by Gasteiger charge is 2.28. The quantitative estimate of drug-likeness (QED) is 0.908. The predicted molar refractivity (Wildman–Crippen MR) is 74.2 cm³/mol. The smallest absolute Gasteiger partial charge is 0.254 e. The molecule has 0 spiro atoms. The van der Waals surface area contributed by atoms with Crippen molar-refractivity contribution >= 4 is 17.5 Å². The van der Waals surface area contributed by atoms with E-state index in [1.54, 1.807) is 6.07 Å². The molecule has 1 N–H and O–H groups in total. The lowest BCUT2D eigenvalue weighted by atomic mass is 10.1. The minimum Gasteiger partial charge on any atom is -0.333 e. The predicted octanol–water partition coefficient (Wildman–Crippen LogP) is 2.47. The second-order valence-corrected chi connectivity index (χ2v) is 5.18. The number of carbonyl (C=O) groups is 1. The Hall–Kier alpha value is -1.06. The molecule has 1 aromatic carbocycles. The fourth-order valence-electron chi connectivity index (χ4n) is 2.08. The van der Waals surface area contributed by atoms with E-state index in [0.717, 1.165) is 31.6 Å². The number of rotatable bonds is 4. The van der Waals surface area contributed by atoms with E-state index in [-0.39, 0.29) is 5.91 Å². The first kappa shape index (κ1) is 13.4. The number of amides is 1. The zero-order chi connectivity index (χ0) is 13.1. The molecule has 18 heavy (non-hydrogen) atoms. The molecule has 1 aliphatic heterocycles. The summed E-state index contributed by atoms with van der Waals surface area (Å²) in [6.07, 6.45) is 0.974. The molecule has 3 nitrogen and oxygen atoms in total. The Labute approximate surface area is 113 Å². The number of nitrogens with zero attached hydrogens (tertiary/aromatic N) is 1. The summed E-state index contributed by atoms with van der Waals surface area (Å²) in [5, 5.41) is 3.86. The normalized spacial score (nSPS) is 15.3. The number of halogens is 1. The Kier molecular flexibility index (Phi) is 4.25. The lowest BCUT2D eigenvalue weighted by Crippen LogP contribution is -2.59. The molecule has 1 aromatic rings. The number of hydrogen-bond acceptors (Lipinski definition) is 2. The van der Waals surface area contributed by atoms with Gasteiger partial charge in [0.05, 0.1) is 6.04 Å². The van der Waals surface area contributed by atoms with E-state index < -0.39 is 0 Å². The van der Waals surface area contributed by atoms with Crippen molar-refractivity contribution in [2.45, 2.75) is 26.3 Å². The molecule has 1 fully saturated rings. The van der Waals surface area contributed by atoms with Gasteiger partial charge in [0.25, 0.3) is 5.91 Å². The molecule has 0 unspecified atom stereocenters. The van der Waals surface area contributed by atoms with Gasteiger partial charge in [-0.15, -0.1) is 0 Å². The Bertz CT molecular complexity index is 443. The molecular formula is C14H19ClN2O. The first-order chi connectivity index (χ1) is 8.63. The summed E-state index contributed by atoms with van der Waals surface area (Å²) < 4.78 is 0. The van der Waals surface area contributed by atoms with Crippen LogP contribution in [-0.4, -0.2) is 36.5 Å². The van der Waals surface area contributed by atoms with Gasteiger partial charge in [0.15, 0.2) is 0 Å². The fourth-order valence-corrected chi connectivity index (χ4v) is 2.26. The van der Waals surface area contributed by atoms with Gasteiger partial charge in [-0.3, -0.25) is 4.79 Å². The highest BCUT2D eigenvalue weighted by molar-refractivity contribution is 6.31. The SMILES string of the molecule is CCCN(C(=O)c1ccc(C)c(Cl)c1)C1CNC1. The van der Waals surface area contributed by atoms with Crippen molar-refractivity contribution in [3.05, 3.63) is 34.3 Å². The van der Waals surface area contributed by atoms with Crippen LogP contribution < -0.4 is 5.32 Å². The van der Waals surface area contributed by atoms with Crippen molar-refractivity contribution in [3.8, 4) is 0 Å². The van der Waals surface area contributed by atoms with Crippen molar-refractivity contribution in [2.24, 2.45) is 0 Å². The molecule has 0 radical (unpaired) electrons. The lowest BCUT2D eigenvalue weighted by Gasteiger charge is -2.38. The summed E-state index contributed by atoms with van der Waals surface area (Å²) in [5.41, 5.74) is 1.69. The molecule has 0 aliphatic carbocycles. The van der Waals surface area contributed by atoms with Crippen LogP contribution in [-0.2, 0) is 0 Å². The summed E-state index contributed by atoms with van der Waals surface area (Å²) in [4.78, 5) is 14.4. The second kappa shape index (κ2) is 5.72. The molecule has 0 saturated carbocycles. The van der Waals surface area contributed by atoms with E-state index in [1.165, 1.54) is 0 Å². The summed E-state index contributed by atoms with van der Waals surface area (Å²) in [6.45, 7) is 6.62. The molecule has 0 atom stereocenters. The maximum absolute atomic E-state index is 12.5. The van der Waals surface area contributed by atoms with Crippen molar-refractivity contribution in [1.82, 2.24) is 10.2 Å². The van der Waals surface area contributed by atoms with Crippen molar-refractivity contribution in [2.75, 3.05) is 19.6 Å². The minimum absolute atomic E-state index is 0.0882. The van der Waals surface area contributed by atoms with Crippen molar-refractivity contribution in [3.63, 3.8) is 0 Å². The largest absolute Gasteiger partial charge is 0.333 e. The van der Waals surface area contributed by atoms with E-state index in [9.17, 15) is 4.79 Å². The Morgan fingerprint density at radius 2 is 2.22 bits per heavy atom. The maximum atomic E-state index is 12.5.